The summed E-state index contributed by atoms with van der Waals surface area (Å²) in [5.74, 6) is -0.935. The van der Waals surface area contributed by atoms with Gasteiger partial charge in [-0.15, -0.1) is 0 Å². The van der Waals surface area contributed by atoms with Gasteiger partial charge in [-0.3, -0.25) is 9.59 Å². The van der Waals surface area contributed by atoms with Gasteiger partial charge in [-0.2, -0.15) is 0 Å². The number of carboxylic acid groups (broad SMARTS) is 1. The molecule has 0 saturated carbocycles. The summed E-state index contributed by atoms with van der Waals surface area (Å²) in [5, 5.41) is 14.8. The first-order valence-electron chi connectivity index (χ1n) is 12.3. The summed E-state index contributed by atoms with van der Waals surface area (Å²) in [6, 6.07) is 29.1. The van der Waals surface area contributed by atoms with Crippen LogP contribution in [0.1, 0.15) is 36.0 Å². The van der Waals surface area contributed by atoms with Crippen molar-refractivity contribution in [2.45, 2.75) is 25.9 Å². The van der Waals surface area contributed by atoms with Gasteiger partial charge in [0.05, 0.1) is 16.5 Å². The van der Waals surface area contributed by atoms with Crippen LogP contribution in [0.3, 0.4) is 0 Å². The van der Waals surface area contributed by atoms with Crippen molar-refractivity contribution in [2.75, 3.05) is 0 Å². The molecule has 0 bridgehead atoms. The van der Waals surface area contributed by atoms with Gasteiger partial charge in [-0.25, -0.2) is 4.99 Å². The molecule has 2 N–H and O–H groups in total. The van der Waals surface area contributed by atoms with E-state index >= 15 is 0 Å². The molecule has 38 heavy (non-hydrogen) atoms. The lowest BCUT2D eigenvalue weighted by atomic mass is 9.97. The summed E-state index contributed by atoms with van der Waals surface area (Å²) in [6.07, 6.45) is 2.34. The highest BCUT2D eigenvalue weighted by Gasteiger charge is 2.25. The highest BCUT2D eigenvalue weighted by Crippen LogP contribution is 2.34. The molecular weight excluding hydrogens is 496 g/mol. The van der Waals surface area contributed by atoms with Crippen molar-refractivity contribution in [3.8, 4) is 5.75 Å². The van der Waals surface area contributed by atoms with Crippen LogP contribution in [-0.4, -0.2) is 22.2 Å². The number of nitrogens with zero attached hydrogens (tertiary/aromatic N) is 1. The Bertz CT molecular complexity index is 1550. The summed E-state index contributed by atoms with van der Waals surface area (Å²) in [4.78, 5) is 29.3. The minimum atomic E-state index is -0.847. The molecule has 1 heterocycles. The second-order valence-electron chi connectivity index (χ2n) is 8.88. The van der Waals surface area contributed by atoms with Crippen LogP contribution in [0.5, 0.6) is 5.75 Å². The zero-order chi connectivity index (χ0) is 26.5. The number of aliphatic imine (C=N–C) groups is 1. The first-order chi connectivity index (χ1) is 18.5. The Morgan fingerprint density at radius 2 is 1.68 bits per heavy atom. The van der Waals surface area contributed by atoms with Gasteiger partial charge in [0.15, 0.2) is 5.17 Å². The summed E-state index contributed by atoms with van der Waals surface area (Å²) in [7, 11) is 0. The molecule has 1 fully saturated rings. The van der Waals surface area contributed by atoms with Gasteiger partial charge >= 0.3 is 5.97 Å². The molecule has 190 valence electrons. The average molecular weight is 523 g/mol. The van der Waals surface area contributed by atoms with Crippen LogP contribution in [0.2, 0.25) is 0 Å². The van der Waals surface area contributed by atoms with Gasteiger partial charge in [0.2, 0.25) is 0 Å². The fourth-order valence-electron chi connectivity index (χ4n) is 4.28. The Hall–Kier alpha value is -4.36. The molecule has 4 aromatic carbocycles. The number of rotatable bonds is 8. The monoisotopic (exact) mass is 522 g/mol. The fourth-order valence-corrected chi connectivity index (χ4v) is 5.12. The molecule has 0 spiro atoms. The molecule has 1 saturated heterocycles. The lowest BCUT2D eigenvalue weighted by molar-refractivity contribution is -0.138. The van der Waals surface area contributed by atoms with E-state index < -0.39 is 11.9 Å². The van der Waals surface area contributed by atoms with Crippen LogP contribution in [0.25, 0.3) is 16.8 Å². The van der Waals surface area contributed by atoms with E-state index in [1.54, 1.807) is 24.3 Å². The summed E-state index contributed by atoms with van der Waals surface area (Å²) in [6.45, 7) is 2.26. The Morgan fingerprint density at radius 3 is 2.37 bits per heavy atom. The molecule has 5 rings (SSSR count). The number of aliphatic carboxylic acids is 1. The van der Waals surface area contributed by atoms with Gasteiger partial charge in [-0.1, -0.05) is 73.7 Å². The zero-order valence-electron chi connectivity index (χ0n) is 20.8. The first kappa shape index (κ1) is 25.3. The van der Waals surface area contributed by atoms with Crippen LogP contribution in [0.4, 0.5) is 5.69 Å². The van der Waals surface area contributed by atoms with Crippen molar-refractivity contribution in [3.05, 3.63) is 113 Å². The molecule has 1 aliphatic heterocycles. The number of carbonyl (C=O) groups is 2. The van der Waals surface area contributed by atoms with Crippen molar-refractivity contribution in [2.24, 2.45) is 4.99 Å². The maximum atomic E-state index is 12.8. The van der Waals surface area contributed by atoms with Gasteiger partial charge in [0, 0.05) is 5.56 Å². The molecule has 4 aromatic rings. The van der Waals surface area contributed by atoms with Crippen molar-refractivity contribution in [3.63, 3.8) is 0 Å². The molecule has 6 nitrogen and oxygen atoms in total. The average Bonchev–Trinajstić information content (AvgIpc) is 3.27. The third-order valence-corrected chi connectivity index (χ3v) is 7.20. The highest BCUT2D eigenvalue weighted by atomic mass is 32.2. The second-order valence-corrected chi connectivity index (χ2v) is 9.91. The standard InChI is InChI=1S/C31H26N2O4S/c1-2-26(30(35)36)21-12-14-25(15-13-21)32-31-33-29(34)28(38-31)18-24-16-22-10-6-7-11-23(22)17-27(24)37-19-20-8-4-3-5-9-20/h3-18,26H,2,19H2,1H3,(H,35,36)(H,32,33,34). The number of hydrogen-bond acceptors (Lipinski definition) is 5. The van der Waals surface area contributed by atoms with Crippen molar-refractivity contribution < 1.29 is 19.4 Å². The number of carboxylic acids is 1. The van der Waals surface area contributed by atoms with E-state index in [1.165, 1.54) is 11.8 Å². The number of carbonyl (C=O) groups excluding carboxylic acids is 1. The number of fused-ring (bicyclic) bond motifs is 1. The van der Waals surface area contributed by atoms with E-state index in [2.05, 4.69) is 10.3 Å². The second kappa shape index (κ2) is 11.4. The van der Waals surface area contributed by atoms with E-state index in [0.717, 1.165) is 27.5 Å². The number of hydrogen-bond donors (Lipinski definition) is 2. The molecular formula is C31H26N2O4S. The van der Waals surface area contributed by atoms with Gasteiger partial charge in [0.25, 0.3) is 5.91 Å². The number of nitrogens with one attached hydrogen (secondary N) is 1. The molecule has 1 amide bonds. The minimum Gasteiger partial charge on any atom is -0.488 e. The Labute approximate surface area is 225 Å². The number of ether oxygens (including phenoxy) is 1. The SMILES string of the molecule is CCC(C(=O)O)c1ccc(N=C2NC(=O)C(=Cc3cc4ccccc4cc3OCc3ccccc3)S2)cc1. The van der Waals surface area contributed by atoms with Crippen LogP contribution in [0, 0.1) is 0 Å². The third-order valence-electron chi connectivity index (χ3n) is 6.29. The Balaban J connectivity index is 1.40. The molecule has 0 aromatic heterocycles. The topological polar surface area (TPSA) is 88.0 Å². The quantitative estimate of drug-likeness (QED) is 0.246. The summed E-state index contributed by atoms with van der Waals surface area (Å²) >= 11 is 1.26. The molecule has 0 radical (unpaired) electrons. The van der Waals surface area contributed by atoms with Gasteiger partial charge in [0.1, 0.15) is 12.4 Å². The van der Waals surface area contributed by atoms with Gasteiger partial charge in [-0.05, 0) is 70.4 Å². The van der Waals surface area contributed by atoms with Crippen LogP contribution >= 0.6 is 11.8 Å². The predicted molar refractivity (Wildman–Crippen MR) is 153 cm³/mol. The smallest absolute Gasteiger partial charge is 0.310 e. The molecule has 1 unspecified atom stereocenters. The van der Waals surface area contributed by atoms with Crippen LogP contribution < -0.4 is 10.1 Å². The first-order valence-corrected chi connectivity index (χ1v) is 13.1. The zero-order valence-corrected chi connectivity index (χ0v) is 21.6. The fraction of sp³-hybridized carbons (Fsp3) is 0.129. The van der Waals surface area contributed by atoms with Crippen molar-refractivity contribution >= 4 is 51.3 Å². The number of amides is 1. The maximum absolute atomic E-state index is 12.8. The van der Waals surface area contributed by atoms with Crippen molar-refractivity contribution in [1.29, 1.82) is 0 Å². The number of amidine groups is 1. The lowest BCUT2D eigenvalue weighted by Gasteiger charge is -2.12. The molecule has 0 aliphatic carbocycles. The summed E-state index contributed by atoms with van der Waals surface area (Å²) in [5.41, 5.74) is 3.23. The molecule has 7 heteroatoms. The van der Waals surface area contributed by atoms with Gasteiger partial charge < -0.3 is 15.2 Å². The highest BCUT2D eigenvalue weighted by molar-refractivity contribution is 8.18. The van der Waals surface area contributed by atoms with E-state index in [-0.39, 0.29) is 5.91 Å². The normalized spacial score (nSPS) is 16.1. The molecule has 1 aliphatic rings. The van der Waals surface area contributed by atoms with E-state index in [1.807, 2.05) is 79.7 Å². The third kappa shape index (κ3) is 5.79. The van der Waals surface area contributed by atoms with Crippen LogP contribution in [0.15, 0.2) is 101 Å². The van der Waals surface area contributed by atoms with E-state index in [0.29, 0.717) is 34.5 Å². The van der Waals surface area contributed by atoms with Crippen molar-refractivity contribution in [1.82, 2.24) is 5.32 Å². The predicted octanol–water partition coefficient (Wildman–Crippen LogP) is 6.89. The van der Waals surface area contributed by atoms with E-state index in [9.17, 15) is 14.7 Å². The maximum Gasteiger partial charge on any atom is 0.310 e. The Morgan fingerprint density at radius 1 is 1.00 bits per heavy atom. The lowest BCUT2D eigenvalue weighted by Crippen LogP contribution is -2.19. The largest absolute Gasteiger partial charge is 0.488 e. The molecule has 1 atom stereocenters. The minimum absolute atomic E-state index is 0.232. The number of benzene rings is 4. The Kier molecular flexibility index (Phi) is 7.56. The van der Waals surface area contributed by atoms with Crippen LogP contribution in [-0.2, 0) is 16.2 Å². The number of thioether (sulfide) groups is 1. The summed E-state index contributed by atoms with van der Waals surface area (Å²) < 4.78 is 6.20. The van der Waals surface area contributed by atoms with E-state index in [4.69, 9.17) is 4.74 Å².